The lowest BCUT2D eigenvalue weighted by Crippen LogP contribution is -2.42. The maximum atomic E-state index is 12.7. The summed E-state index contributed by atoms with van der Waals surface area (Å²) in [5, 5.41) is 0. The maximum Gasteiger partial charge on any atom is 0.255 e. The number of aromatic nitrogens is 1. The highest BCUT2D eigenvalue weighted by Crippen LogP contribution is 2.23. The molecule has 1 aromatic carbocycles. The number of piperidine rings is 1. The Morgan fingerprint density at radius 3 is 2.36 bits per heavy atom. The van der Waals surface area contributed by atoms with Crippen molar-refractivity contribution >= 4 is 5.91 Å². The van der Waals surface area contributed by atoms with Gasteiger partial charge in [0.2, 0.25) is 0 Å². The molecule has 1 amide bonds. The summed E-state index contributed by atoms with van der Waals surface area (Å²) >= 11 is 0. The molecule has 2 aromatic rings. The number of benzene rings is 1. The molecule has 1 fully saturated rings. The standard InChI is InChI=1S/C20H24N2O3/c1-14-12-15(2)21-13-19(14)20(23)22-10-8-18(9-11-22)25-17-6-4-16(24-3)5-7-17/h4-7,12-13,18H,8-11H2,1-3H3. The highest BCUT2D eigenvalue weighted by molar-refractivity contribution is 5.95. The van der Waals surface area contributed by atoms with Gasteiger partial charge in [-0.1, -0.05) is 0 Å². The first-order valence-electron chi connectivity index (χ1n) is 8.60. The molecule has 25 heavy (non-hydrogen) atoms. The SMILES string of the molecule is COc1ccc(OC2CCN(C(=O)c3cnc(C)cc3C)CC2)cc1. The van der Waals surface area contributed by atoms with Gasteiger partial charge in [0.1, 0.15) is 17.6 Å². The number of rotatable bonds is 4. The second-order valence-corrected chi connectivity index (χ2v) is 6.43. The van der Waals surface area contributed by atoms with Gasteiger partial charge in [0.25, 0.3) is 5.91 Å². The molecule has 0 N–H and O–H groups in total. The van der Waals surface area contributed by atoms with Gasteiger partial charge < -0.3 is 14.4 Å². The quantitative estimate of drug-likeness (QED) is 0.856. The summed E-state index contributed by atoms with van der Waals surface area (Å²) in [5.41, 5.74) is 2.61. The number of carbonyl (C=O) groups excluding carboxylic acids is 1. The van der Waals surface area contributed by atoms with Crippen LogP contribution in [0.1, 0.15) is 34.5 Å². The van der Waals surface area contributed by atoms with Gasteiger partial charge in [-0.05, 0) is 49.7 Å². The molecule has 0 saturated carbocycles. The number of nitrogens with zero attached hydrogens (tertiary/aromatic N) is 2. The number of carbonyl (C=O) groups is 1. The Kier molecular flexibility index (Phi) is 5.22. The lowest BCUT2D eigenvalue weighted by molar-refractivity contribution is 0.0594. The lowest BCUT2D eigenvalue weighted by Gasteiger charge is -2.32. The Labute approximate surface area is 148 Å². The summed E-state index contributed by atoms with van der Waals surface area (Å²) in [6.45, 7) is 5.30. The second kappa shape index (κ2) is 7.55. The molecule has 0 atom stereocenters. The number of pyridine rings is 1. The smallest absolute Gasteiger partial charge is 0.255 e. The predicted octanol–water partition coefficient (Wildman–Crippen LogP) is 3.39. The summed E-state index contributed by atoms with van der Waals surface area (Å²) in [6, 6.07) is 9.56. The molecule has 1 aromatic heterocycles. The van der Waals surface area contributed by atoms with Crippen LogP contribution in [0.3, 0.4) is 0 Å². The topological polar surface area (TPSA) is 51.7 Å². The average Bonchev–Trinajstić information content (AvgIpc) is 2.62. The molecule has 3 rings (SSSR count). The van der Waals surface area contributed by atoms with Gasteiger partial charge in [-0.3, -0.25) is 9.78 Å². The van der Waals surface area contributed by atoms with E-state index in [-0.39, 0.29) is 12.0 Å². The average molecular weight is 340 g/mol. The molecule has 2 heterocycles. The van der Waals surface area contributed by atoms with Crippen LogP contribution in [-0.4, -0.2) is 42.1 Å². The third kappa shape index (κ3) is 4.10. The Balaban J connectivity index is 1.56. The van der Waals surface area contributed by atoms with Crippen LogP contribution in [0, 0.1) is 13.8 Å². The first-order valence-corrected chi connectivity index (χ1v) is 8.60. The van der Waals surface area contributed by atoms with E-state index < -0.39 is 0 Å². The highest BCUT2D eigenvalue weighted by Gasteiger charge is 2.25. The summed E-state index contributed by atoms with van der Waals surface area (Å²) in [4.78, 5) is 18.9. The van der Waals surface area contributed by atoms with Crippen molar-refractivity contribution in [3.05, 3.63) is 53.3 Å². The number of methoxy groups -OCH3 is 1. The summed E-state index contributed by atoms with van der Waals surface area (Å²) in [6.07, 6.45) is 3.48. The van der Waals surface area contributed by atoms with Gasteiger partial charge in [0, 0.05) is 37.8 Å². The lowest BCUT2D eigenvalue weighted by atomic mass is 10.0. The third-order valence-corrected chi connectivity index (χ3v) is 4.57. The minimum absolute atomic E-state index is 0.0629. The first-order chi connectivity index (χ1) is 12.1. The number of hydrogen-bond donors (Lipinski definition) is 0. The monoisotopic (exact) mass is 340 g/mol. The van der Waals surface area contributed by atoms with Crippen molar-refractivity contribution in [1.29, 1.82) is 0 Å². The van der Waals surface area contributed by atoms with E-state index >= 15 is 0 Å². The molecule has 0 aliphatic carbocycles. The van der Waals surface area contributed by atoms with Crippen molar-refractivity contribution in [1.82, 2.24) is 9.88 Å². The Bertz CT molecular complexity index is 735. The van der Waals surface area contributed by atoms with E-state index in [1.54, 1.807) is 13.3 Å². The van der Waals surface area contributed by atoms with E-state index in [4.69, 9.17) is 9.47 Å². The number of aryl methyl sites for hydroxylation is 2. The third-order valence-electron chi connectivity index (χ3n) is 4.57. The molecule has 5 nitrogen and oxygen atoms in total. The summed E-state index contributed by atoms with van der Waals surface area (Å²) < 4.78 is 11.2. The molecule has 0 radical (unpaired) electrons. The maximum absolute atomic E-state index is 12.7. The molecule has 1 saturated heterocycles. The van der Waals surface area contributed by atoms with E-state index in [9.17, 15) is 4.79 Å². The van der Waals surface area contributed by atoms with Crippen LogP contribution in [0.25, 0.3) is 0 Å². The number of hydrogen-bond acceptors (Lipinski definition) is 4. The van der Waals surface area contributed by atoms with Crippen LogP contribution in [0.5, 0.6) is 11.5 Å². The Morgan fingerprint density at radius 1 is 1.12 bits per heavy atom. The number of likely N-dealkylation sites (tertiary alicyclic amines) is 1. The number of ether oxygens (including phenoxy) is 2. The minimum Gasteiger partial charge on any atom is -0.497 e. The van der Waals surface area contributed by atoms with Crippen molar-refractivity contribution < 1.29 is 14.3 Å². The second-order valence-electron chi connectivity index (χ2n) is 6.43. The zero-order valence-corrected chi connectivity index (χ0v) is 15.0. The van der Waals surface area contributed by atoms with Crippen LogP contribution >= 0.6 is 0 Å². The first kappa shape index (κ1) is 17.3. The van der Waals surface area contributed by atoms with Gasteiger partial charge in [-0.25, -0.2) is 0 Å². The van der Waals surface area contributed by atoms with Gasteiger partial charge in [-0.15, -0.1) is 0 Å². The number of amides is 1. The van der Waals surface area contributed by atoms with Crippen LogP contribution in [0.15, 0.2) is 36.5 Å². The zero-order valence-electron chi connectivity index (χ0n) is 15.0. The van der Waals surface area contributed by atoms with Gasteiger partial charge in [0.15, 0.2) is 0 Å². The highest BCUT2D eigenvalue weighted by atomic mass is 16.5. The molecular weight excluding hydrogens is 316 g/mol. The van der Waals surface area contributed by atoms with E-state index in [2.05, 4.69) is 4.98 Å². The fraction of sp³-hybridized carbons (Fsp3) is 0.400. The van der Waals surface area contributed by atoms with Crippen LogP contribution in [0.2, 0.25) is 0 Å². The van der Waals surface area contributed by atoms with Crippen molar-refractivity contribution in [2.45, 2.75) is 32.8 Å². The van der Waals surface area contributed by atoms with Crippen molar-refractivity contribution in [3.63, 3.8) is 0 Å². The van der Waals surface area contributed by atoms with Crippen LogP contribution < -0.4 is 9.47 Å². The predicted molar refractivity (Wildman–Crippen MR) is 96.3 cm³/mol. The van der Waals surface area contributed by atoms with Crippen molar-refractivity contribution in [3.8, 4) is 11.5 Å². The largest absolute Gasteiger partial charge is 0.497 e. The van der Waals surface area contributed by atoms with E-state index in [0.29, 0.717) is 18.7 Å². The normalized spacial score (nSPS) is 15.1. The van der Waals surface area contributed by atoms with E-state index in [1.165, 1.54) is 0 Å². The minimum atomic E-state index is 0.0629. The van der Waals surface area contributed by atoms with E-state index in [1.807, 2.05) is 49.1 Å². The van der Waals surface area contributed by atoms with Crippen LogP contribution in [0.4, 0.5) is 0 Å². The fourth-order valence-electron chi connectivity index (χ4n) is 3.11. The van der Waals surface area contributed by atoms with E-state index in [0.717, 1.165) is 35.6 Å². The summed E-state index contributed by atoms with van der Waals surface area (Å²) in [5.74, 6) is 1.71. The summed E-state index contributed by atoms with van der Waals surface area (Å²) in [7, 11) is 1.65. The molecule has 0 spiro atoms. The van der Waals surface area contributed by atoms with Crippen molar-refractivity contribution in [2.24, 2.45) is 0 Å². The van der Waals surface area contributed by atoms with Gasteiger partial charge in [0.05, 0.1) is 12.7 Å². The molecule has 0 bridgehead atoms. The Hall–Kier alpha value is -2.56. The molecule has 1 aliphatic heterocycles. The molecule has 132 valence electrons. The van der Waals surface area contributed by atoms with Crippen molar-refractivity contribution in [2.75, 3.05) is 20.2 Å². The fourth-order valence-corrected chi connectivity index (χ4v) is 3.11. The van der Waals surface area contributed by atoms with Crippen LogP contribution in [-0.2, 0) is 0 Å². The van der Waals surface area contributed by atoms with Gasteiger partial charge in [-0.2, -0.15) is 0 Å². The Morgan fingerprint density at radius 2 is 1.76 bits per heavy atom. The zero-order chi connectivity index (χ0) is 17.8. The molecule has 1 aliphatic rings. The molecular formula is C20H24N2O3. The molecule has 0 unspecified atom stereocenters. The van der Waals surface area contributed by atoms with Gasteiger partial charge >= 0.3 is 0 Å². The molecule has 5 heteroatoms.